The number of nitrogens with zero attached hydrogens (tertiary/aromatic N) is 1. The lowest BCUT2D eigenvalue weighted by Gasteiger charge is -2.09. The minimum atomic E-state index is -0.231. The summed E-state index contributed by atoms with van der Waals surface area (Å²) in [7, 11) is 1.62. The molecule has 0 saturated heterocycles. The van der Waals surface area contributed by atoms with Crippen molar-refractivity contribution in [2.75, 3.05) is 7.11 Å². The average molecular weight is 296 g/mol. The summed E-state index contributed by atoms with van der Waals surface area (Å²) in [5, 5.41) is 4.18. The Bertz CT molecular complexity index is 704. The lowest BCUT2D eigenvalue weighted by molar-refractivity contribution is 0.0955. The number of aryl methyl sites for hydroxylation is 2. The highest BCUT2D eigenvalue weighted by molar-refractivity contribution is 6.02. The topological polar surface area (TPSA) is 50.7 Å². The molecule has 0 spiro atoms. The summed E-state index contributed by atoms with van der Waals surface area (Å²) in [5.74, 6) is 0.502. The molecule has 2 aromatic rings. The van der Waals surface area contributed by atoms with Gasteiger partial charge in [-0.1, -0.05) is 29.3 Å². The predicted molar refractivity (Wildman–Crippen MR) is 88.6 cm³/mol. The molecule has 22 heavy (non-hydrogen) atoms. The van der Waals surface area contributed by atoms with Crippen LogP contribution in [0.15, 0.2) is 47.6 Å². The SMILES string of the molecule is COc1ccc(C)cc1/C(C)=N\NC(=O)c1ccc(C)cc1. The molecule has 0 unspecified atom stereocenters. The van der Waals surface area contributed by atoms with Crippen LogP contribution in [0.1, 0.15) is 34.0 Å². The van der Waals surface area contributed by atoms with E-state index >= 15 is 0 Å². The molecule has 2 aromatic carbocycles. The third-order valence-electron chi connectivity index (χ3n) is 3.38. The Hall–Kier alpha value is -2.62. The van der Waals surface area contributed by atoms with Crippen molar-refractivity contribution in [2.45, 2.75) is 20.8 Å². The first kappa shape index (κ1) is 15.8. The van der Waals surface area contributed by atoms with Gasteiger partial charge in [-0.15, -0.1) is 0 Å². The molecule has 0 aliphatic heterocycles. The Morgan fingerprint density at radius 2 is 1.68 bits per heavy atom. The molecule has 1 amide bonds. The quantitative estimate of drug-likeness (QED) is 0.694. The third-order valence-corrected chi connectivity index (χ3v) is 3.38. The monoisotopic (exact) mass is 296 g/mol. The molecule has 4 nitrogen and oxygen atoms in total. The molecule has 4 heteroatoms. The van der Waals surface area contributed by atoms with E-state index in [4.69, 9.17) is 4.74 Å². The first-order valence-electron chi connectivity index (χ1n) is 7.07. The van der Waals surface area contributed by atoms with E-state index < -0.39 is 0 Å². The maximum Gasteiger partial charge on any atom is 0.271 e. The second-order valence-corrected chi connectivity index (χ2v) is 5.21. The molecule has 0 aromatic heterocycles. The van der Waals surface area contributed by atoms with Gasteiger partial charge in [0.1, 0.15) is 5.75 Å². The summed E-state index contributed by atoms with van der Waals surface area (Å²) in [6.45, 7) is 5.82. The largest absolute Gasteiger partial charge is 0.496 e. The molecule has 1 N–H and O–H groups in total. The zero-order valence-electron chi connectivity index (χ0n) is 13.3. The number of carbonyl (C=O) groups is 1. The van der Waals surface area contributed by atoms with E-state index in [1.54, 1.807) is 19.2 Å². The van der Waals surface area contributed by atoms with Gasteiger partial charge in [-0.05, 0) is 45.0 Å². The highest BCUT2D eigenvalue weighted by atomic mass is 16.5. The third kappa shape index (κ3) is 3.73. The Balaban J connectivity index is 2.17. The van der Waals surface area contributed by atoms with E-state index in [-0.39, 0.29) is 5.91 Å². The van der Waals surface area contributed by atoms with Crippen LogP contribution < -0.4 is 10.2 Å². The van der Waals surface area contributed by atoms with E-state index in [0.717, 1.165) is 22.4 Å². The number of hydrogen-bond acceptors (Lipinski definition) is 3. The van der Waals surface area contributed by atoms with Gasteiger partial charge in [-0.2, -0.15) is 5.10 Å². The molecule has 0 fully saturated rings. The van der Waals surface area contributed by atoms with Crippen molar-refractivity contribution in [2.24, 2.45) is 5.10 Å². The van der Waals surface area contributed by atoms with Crippen molar-refractivity contribution < 1.29 is 9.53 Å². The zero-order chi connectivity index (χ0) is 16.1. The number of methoxy groups -OCH3 is 1. The maximum atomic E-state index is 12.1. The van der Waals surface area contributed by atoms with Crippen LogP contribution in [-0.2, 0) is 0 Å². The van der Waals surface area contributed by atoms with Gasteiger partial charge in [0.05, 0.1) is 12.8 Å². The molecule has 0 atom stereocenters. The molecular formula is C18H20N2O2. The number of nitrogens with one attached hydrogen (secondary N) is 1. The number of rotatable bonds is 4. The number of amides is 1. The van der Waals surface area contributed by atoms with Crippen molar-refractivity contribution in [3.8, 4) is 5.75 Å². The van der Waals surface area contributed by atoms with Crippen LogP contribution in [0.2, 0.25) is 0 Å². The first-order chi connectivity index (χ1) is 10.5. The summed E-state index contributed by atoms with van der Waals surface area (Å²) in [5.41, 5.74) is 6.94. The number of benzene rings is 2. The van der Waals surface area contributed by atoms with Crippen LogP contribution in [0.3, 0.4) is 0 Å². The van der Waals surface area contributed by atoms with Gasteiger partial charge < -0.3 is 4.74 Å². The van der Waals surface area contributed by atoms with Gasteiger partial charge in [0.15, 0.2) is 0 Å². The van der Waals surface area contributed by atoms with Crippen LogP contribution in [0.5, 0.6) is 5.75 Å². The van der Waals surface area contributed by atoms with Crippen molar-refractivity contribution in [3.05, 3.63) is 64.7 Å². The highest BCUT2D eigenvalue weighted by Gasteiger charge is 2.08. The number of carbonyl (C=O) groups excluding carboxylic acids is 1. The molecule has 2 rings (SSSR count). The Morgan fingerprint density at radius 1 is 1.05 bits per heavy atom. The van der Waals surface area contributed by atoms with Crippen molar-refractivity contribution in [1.82, 2.24) is 5.43 Å². The number of ether oxygens (including phenoxy) is 1. The van der Waals surface area contributed by atoms with Gasteiger partial charge in [0, 0.05) is 11.1 Å². The number of hydrogen-bond donors (Lipinski definition) is 1. The van der Waals surface area contributed by atoms with Crippen LogP contribution >= 0.6 is 0 Å². The fraction of sp³-hybridized carbons (Fsp3) is 0.222. The Labute approximate surface area is 130 Å². The van der Waals surface area contributed by atoms with Crippen LogP contribution in [0, 0.1) is 13.8 Å². The smallest absolute Gasteiger partial charge is 0.271 e. The zero-order valence-corrected chi connectivity index (χ0v) is 13.3. The fourth-order valence-corrected chi connectivity index (χ4v) is 2.07. The van der Waals surface area contributed by atoms with Crippen LogP contribution in [0.25, 0.3) is 0 Å². The Kier molecular flexibility index (Phi) is 4.94. The van der Waals surface area contributed by atoms with Crippen molar-refractivity contribution >= 4 is 11.6 Å². The van der Waals surface area contributed by atoms with Gasteiger partial charge in [-0.25, -0.2) is 5.43 Å². The van der Waals surface area contributed by atoms with Gasteiger partial charge in [-0.3, -0.25) is 4.79 Å². The lowest BCUT2D eigenvalue weighted by Crippen LogP contribution is -2.19. The second-order valence-electron chi connectivity index (χ2n) is 5.21. The van der Waals surface area contributed by atoms with E-state index in [2.05, 4.69) is 10.5 Å². The molecule has 114 valence electrons. The van der Waals surface area contributed by atoms with Crippen molar-refractivity contribution in [1.29, 1.82) is 0 Å². The molecule has 0 aliphatic carbocycles. The van der Waals surface area contributed by atoms with Crippen LogP contribution in [-0.4, -0.2) is 18.7 Å². The Morgan fingerprint density at radius 3 is 2.32 bits per heavy atom. The summed E-state index contributed by atoms with van der Waals surface area (Å²) in [6.07, 6.45) is 0. The van der Waals surface area contributed by atoms with E-state index in [9.17, 15) is 4.79 Å². The highest BCUT2D eigenvalue weighted by Crippen LogP contribution is 2.20. The lowest BCUT2D eigenvalue weighted by atomic mass is 10.1. The summed E-state index contributed by atoms with van der Waals surface area (Å²) >= 11 is 0. The van der Waals surface area contributed by atoms with E-state index in [1.165, 1.54) is 0 Å². The van der Waals surface area contributed by atoms with Crippen molar-refractivity contribution in [3.63, 3.8) is 0 Å². The molecule has 0 saturated carbocycles. The van der Waals surface area contributed by atoms with Gasteiger partial charge in [0.2, 0.25) is 0 Å². The van der Waals surface area contributed by atoms with Gasteiger partial charge >= 0.3 is 0 Å². The summed E-state index contributed by atoms with van der Waals surface area (Å²) in [4.78, 5) is 12.1. The maximum absolute atomic E-state index is 12.1. The average Bonchev–Trinajstić information content (AvgIpc) is 2.53. The fourth-order valence-electron chi connectivity index (χ4n) is 2.07. The molecule has 0 heterocycles. The number of hydrazone groups is 1. The summed E-state index contributed by atoms with van der Waals surface area (Å²) < 4.78 is 5.33. The van der Waals surface area contributed by atoms with E-state index in [0.29, 0.717) is 11.3 Å². The molecule has 0 radical (unpaired) electrons. The standard InChI is InChI=1S/C18H20N2O2/c1-12-5-8-15(9-6-12)18(21)20-19-14(3)16-11-13(2)7-10-17(16)22-4/h5-11H,1-4H3,(H,20,21)/b19-14-. The summed E-state index contributed by atoms with van der Waals surface area (Å²) in [6, 6.07) is 13.2. The van der Waals surface area contributed by atoms with Crippen LogP contribution in [0.4, 0.5) is 0 Å². The predicted octanol–water partition coefficient (Wildman–Crippen LogP) is 3.47. The minimum Gasteiger partial charge on any atom is -0.496 e. The molecule has 0 aliphatic rings. The van der Waals surface area contributed by atoms with Gasteiger partial charge in [0.25, 0.3) is 5.91 Å². The first-order valence-corrected chi connectivity index (χ1v) is 7.07. The minimum absolute atomic E-state index is 0.231. The van der Waals surface area contributed by atoms with E-state index in [1.807, 2.05) is 51.1 Å². The molecule has 0 bridgehead atoms. The molecular weight excluding hydrogens is 276 g/mol. The normalized spacial score (nSPS) is 11.2. The second kappa shape index (κ2) is 6.89.